The lowest BCUT2D eigenvalue weighted by Gasteiger charge is -2.11. The third kappa shape index (κ3) is 3.05. The molecule has 0 saturated heterocycles. The van der Waals surface area contributed by atoms with Gasteiger partial charge in [-0.1, -0.05) is 0 Å². The van der Waals surface area contributed by atoms with Gasteiger partial charge in [0, 0.05) is 4.47 Å². The van der Waals surface area contributed by atoms with Crippen molar-refractivity contribution in [1.29, 1.82) is 5.26 Å². The van der Waals surface area contributed by atoms with Crippen molar-refractivity contribution in [3.8, 4) is 6.07 Å². The summed E-state index contributed by atoms with van der Waals surface area (Å²) in [5.74, 6) is -0.516. The number of nitrogens with one attached hydrogen (secondary N) is 1. The molecule has 8 heteroatoms. The van der Waals surface area contributed by atoms with E-state index in [2.05, 4.69) is 37.2 Å². The summed E-state index contributed by atoms with van der Waals surface area (Å²) >= 11 is 6.30. The fraction of sp³-hybridized carbons (Fsp3) is 0.200. The van der Waals surface area contributed by atoms with Crippen LogP contribution in [0.1, 0.15) is 12.0 Å². The average Bonchev–Trinajstić information content (AvgIpc) is 2.23. The summed E-state index contributed by atoms with van der Waals surface area (Å²) in [4.78, 5) is 21.7. The number of nitriles is 1. The van der Waals surface area contributed by atoms with Crippen LogP contribution >= 0.6 is 31.9 Å². The Morgan fingerprint density at radius 2 is 2.17 bits per heavy atom. The minimum atomic E-state index is -0.536. The standard InChI is InChI=1S/C10H7Br2N3O3/c1-5-9(14-8(16)2-3-13)6(11)4-7(12)10(5)15(17)18/h4H,2H2,1H3,(H,14,16). The molecule has 1 N–H and O–H groups in total. The van der Waals surface area contributed by atoms with Gasteiger partial charge < -0.3 is 5.32 Å². The number of nitro benzene ring substituents is 1. The van der Waals surface area contributed by atoms with Gasteiger partial charge in [0.25, 0.3) is 5.69 Å². The van der Waals surface area contributed by atoms with Gasteiger partial charge in [0.15, 0.2) is 0 Å². The summed E-state index contributed by atoms with van der Waals surface area (Å²) in [6, 6.07) is 3.18. The minimum absolute atomic E-state index is 0.120. The van der Waals surface area contributed by atoms with Crippen molar-refractivity contribution in [3.63, 3.8) is 0 Å². The third-order valence-electron chi connectivity index (χ3n) is 2.14. The van der Waals surface area contributed by atoms with Gasteiger partial charge in [0.2, 0.25) is 5.91 Å². The highest BCUT2D eigenvalue weighted by Crippen LogP contribution is 2.38. The van der Waals surface area contributed by atoms with Gasteiger partial charge in [-0.25, -0.2) is 0 Å². The maximum atomic E-state index is 11.3. The first-order valence-corrected chi connectivity index (χ1v) is 6.26. The number of hydrogen-bond acceptors (Lipinski definition) is 4. The van der Waals surface area contributed by atoms with E-state index in [1.807, 2.05) is 0 Å². The summed E-state index contributed by atoms with van der Waals surface area (Å²) in [6.07, 6.45) is -0.310. The molecule has 1 amide bonds. The molecule has 1 aromatic carbocycles. The molecule has 0 aliphatic carbocycles. The van der Waals surface area contributed by atoms with Crippen molar-refractivity contribution in [3.05, 3.63) is 30.7 Å². The van der Waals surface area contributed by atoms with Crippen molar-refractivity contribution < 1.29 is 9.72 Å². The van der Waals surface area contributed by atoms with E-state index < -0.39 is 10.8 Å². The largest absolute Gasteiger partial charge is 0.324 e. The van der Waals surface area contributed by atoms with E-state index in [0.717, 1.165) is 0 Å². The number of amides is 1. The SMILES string of the molecule is Cc1c(NC(=O)CC#N)c(Br)cc(Br)c1[N+](=O)[O-]. The van der Waals surface area contributed by atoms with Gasteiger partial charge in [0.1, 0.15) is 6.42 Å². The van der Waals surface area contributed by atoms with Crippen molar-refractivity contribution in [2.75, 3.05) is 5.32 Å². The summed E-state index contributed by atoms with van der Waals surface area (Å²) in [5, 5.41) is 21.8. The normalized spacial score (nSPS) is 9.67. The fourth-order valence-electron chi connectivity index (χ4n) is 1.36. The molecule has 0 fully saturated rings. The van der Waals surface area contributed by atoms with Gasteiger partial charge in [-0.05, 0) is 44.8 Å². The van der Waals surface area contributed by atoms with Crippen molar-refractivity contribution >= 4 is 49.1 Å². The molecule has 0 radical (unpaired) electrons. The van der Waals surface area contributed by atoms with Gasteiger partial charge in [0.05, 0.1) is 26.7 Å². The van der Waals surface area contributed by atoms with E-state index in [-0.39, 0.29) is 12.1 Å². The first-order valence-electron chi connectivity index (χ1n) is 4.68. The summed E-state index contributed by atoms with van der Waals surface area (Å²) < 4.78 is 0.818. The molecule has 0 unspecified atom stereocenters. The zero-order chi connectivity index (χ0) is 13.9. The van der Waals surface area contributed by atoms with Gasteiger partial charge in [-0.2, -0.15) is 5.26 Å². The van der Waals surface area contributed by atoms with Crippen molar-refractivity contribution in [2.24, 2.45) is 0 Å². The Balaban J connectivity index is 3.29. The zero-order valence-electron chi connectivity index (χ0n) is 9.16. The van der Waals surface area contributed by atoms with Crippen LogP contribution < -0.4 is 5.32 Å². The Kier molecular flexibility index (Phi) is 4.81. The molecule has 0 saturated carbocycles. The van der Waals surface area contributed by atoms with E-state index in [9.17, 15) is 14.9 Å². The van der Waals surface area contributed by atoms with Crippen molar-refractivity contribution in [2.45, 2.75) is 13.3 Å². The van der Waals surface area contributed by atoms with E-state index in [1.54, 1.807) is 6.07 Å². The number of nitrogens with zero attached hydrogens (tertiary/aromatic N) is 2. The summed E-state index contributed by atoms with van der Waals surface area (Å²) in [6.45, 7) is 1.52. The maximum absolute atomic E-state index is 11.3. The molecule has 0 heterocycles. The van der Waals surface area contributed by atoms with E-state index >= 15 is 0 Å². The third-order valence-corrected chi connectivity index (χ3v) is 3.37. The number of hydrogen-bond donors (Lipinski definition) is 1. The van der Waals surface area contributed by atoms with Crippen LogP contribution in [0.3, 0.4) is 0 Å². The molecule has 0 aromatic heterocycles. The Morgan fingerprint density at radius 1 is 1.56 bits per heavy atom. The lowest BCUT2D eigenvalue weighted by Crippen LogP contribution is -2.12. The molecule has 1 aromatic rings. The number of nitro groups is 1. The molecule has 6 nitrogen and oxygen atoms in total. The van der Waals surface area contributed by atoms with Crippen LogP contribution in [0.5, 0.6) is 0 Å². The smallest absolute Gasteiger partial charge is 0.288 e. The van der Waals surface area contributed by atoms with Crippen LogP contribution in [-0.4, -0.2) is 10.8 Å². The second kappa shape index (κ2) is 5.93. The predicted octanol–water partition coefficient (Wildman–Crippen LogP) is 3.28. The predicted molar refractivity (Wildman–Crippen MR) is 72.1 cm³/mol. The molecule has 0 spiro atoms. The second-order valence-electron chi connectivity index (χ2n) is 3.33. The average molecular weight is 377 g/mol. The number of rotatable bonds is 3. The summed E-state index contributed by atoms with van der Waals surface area (Å²) in [5.41, 5.74) is 0.489. The number of halogens is 2. The van der Waals surface area contributed by atoms with Crippen LogP contribution in [0.4, 0.5) is 11.4 Å². The molecular formula is C10H7Br2N3O3. The first-order chi connectivity index (χ1) is 8.38. The Hall–Kier alpha value is -1.46. The maximum Gasteiger partial charge on any atom is 0.288 e. The Morgan fingerprint density at radius 3 is 2.67 bits per heavy atom. The Labute approximate surface area is 119 Å². The van der Waals surface area contributed by atoms with Gasteiger partial charge >= 0.3 is 0 Å². The molecule has 18 heavy (non-hydrogen) atoms. The monoisotopic (exact) mass is 375 g/mol. The molecule has 0 bridgehead atoms. The highest BCUT2D eigenvalue weighted by molar-refractivity contribution is 9.11. The van der Waals surface area contributed by atoms with E-state index in [1.165, 1.54) is 13.0 Å². The lowest BCUT2D eigenvalue weighted by molar-refractivity contribution is -0.386. The number of carbonyl (C=O) groups is 1. The minimum Gasteiger partial charge on any atom is -0.324 e. The van der Waals surface area contributed by atoms with Gasteiger partial charge in [-0.3, -0.25) is 14.9 Å². The Bertz CT molecular complexity index is 566. The molecule has 0 atom stereocenters. The van der Waals surface area contributed by atoms with E-state index in [0.29, 0.717) is 20.2 Å². The van der Waals surface area contributed by atoms with Crippen molar-refractivity contribution in [1.82, 2.24) is 0 Å². The van der Waals surface area contributed by atoms with Crippen LogP contribution in [-0.2, 0) is 4.79 Å². The van der Waals surface area contributed by atoms with Crippen LogP contribution in [0, 0.1) is 28.4 Å². The highest BCUT2D eigenvalue weighted by Gasteiger charge is 2.22. The molecule has 94 valence electrons. The van der Waals surface area contributed by atoms with E-state index in [4.69, 9.17) is 5.26 Å². The second-order valence-corrected chi connectivity index (χ2v) is 5.04. The number of benzene rings is 1. The topological polar surface area (TPSA) is 96.0 Å². The highest BCUT2D eigenvalue weighted by atomic mass is 79.9. The number of anilines is 1. The number of carbonyl (C=O) groups excluding carboxylic acids is 1. The zero-order valence-corrected chi connectivity index (χ0v) is 12.3. The lowest BCUT2D eigenvalue weighted by atomic mass is 10.1. The quantitative estimate of drug-likeness (QED) is 0.646. The first kappa shape index (κ1) is 14.6. The van der Waals surface area contributed by atoms with Crippen LogP contribution in [0.2, 0.25) is 0 Å². The molecular weight excluding hydrogens is 370 g/mol. The van der Waals surface area contributed by atoms with Crippen LogP contribution in [0.25, 0.3) is 0 Å². The fourth-order valence-corrected chi connectivity index (χ4v) is 2.97. The summed E-state index contributed by atoms with van der Waals surface area (Å²) in [7, 11) is 0. The van der Waals surface area contributed by atoms with Crippen LogP contribution in [0.15, 0.2) is 15.0 Å². The molecule has 0 aliphatic heterocycles. The molecule has 0 aliphatic rings. The van der Waals surface area contributed by atoms with Gasteiger partial charge in [-0.15, -0.1) is 0 Å². The molecule has 1 rings (SSSR count).